The van der Waals surface area contributed by atoms with Crippen LogP contribution in [0.4, 0.5) is 0 Å². The maximum Gasteiger partial charge on any atom is 0.244 e. The molecule has 0 aromatic carbocycles. The lowest BCUT2D eigenvalue weighted by Gasteiger charge is -2.28. The smallest absolute Gasteiger partial charge is 0.244 e. The lowest BCUT2D eigenvalue weighted by atomic mass is 10.2. The second kappa shape index (κ2) is 2.72. The fraction of sp³-hybridized carbons (Fsp3) is 0.778. The van der Waals surface area contributed by atoms with Crippen molar-refractivity contribution in [1.29, 1.82) is 0 Å². The quantitative estimate of drug-likeness (QED) is 0.661. The monoisotopic (exact) mass is 182 g/mol. The highest BCUT2D eigenvalue weighted by atomic mass is 16.2. The summed E-state index contributed by atoms with van der Waals surface area (Å²) in [5.41, 5.74) is 2.63. The predicted octanol–water partition coefficient (Wildman–Crippen LogP) is 0.152. The molecular formula is C9H14N2O2. The molecule has 1 N–H and O–H groups in total. The molecule has 2 atom stereocenters. The highest BCUT2D eigenvalue weighted by molar-refractivity contribution is 5.97. The van der Waals surface area contributed by atoms with Crippen LogP contribution in [0.25, 0.3) is 0 Å². The fourth-order valence-electron chi connectivity index (χ4n) is 1.73. The lowest BCUT2D eigenvalue weighted by Crippen LogP contribution is -2.52. The van der Waals surface area contributed by atoms with Crippen molar-refractivity contribution in [3.63, 3.8) is 0 Å². The predicted molar refractivity (Wildman–Crippen MR) is 46.3 cm³/mol. The number of rotatable bonds is 2. The number of hydrazine groups is 1. The van der Waals surface area contributed by atoms with Crippen LogP contribution in [0.3, 0.4) is 0 Å². The van der Waals surface area contributed by atoms with Gasteiger partial charge in [0.2, 0.25) is 11.8 Å². The molecule has 0 radical (unpaired) electrons. The number of hydrogen-bond acceptors (Lipinski definition) is 2. The van der Waals surface area contributed by atoms with Gasteiger partial charge in [0.15, 0.2) is 0 Å². The Labute approximate surface area is 77.3 Å². The molecule has 1 heterocycles. The third-order valence-electron chi connectivity index (χ3n) is 2.50. The summed E-state index contributed by atoms with van der Waals surface area (Å²) in [7, 11) is 0. The molecule has 1 saturated carbocycles. The molecule has 4 heteroatoms. The van der Waals surface area contributed by atoms with Crippen LogP contribution < -0.4 is 5.43 Å². The van der Waals surface area contributed by atoms with Crippen LogP contribution in [0.5, 0.6) is 0 Å². The van der Waals surface area contributed by atoms with E-state index < -0.39 is 0 Å². The van der Waals surface area contributed by atoms with Gasteiger partial charge in [-0.2, -0.15) is 0 Å². The lowest BCUT2D eigenvalue weighted by molar-refractivity contribution is -0.148. The average molecular weight is 182 g/mol. The molecule has 0 bridgehead atoms. The molecule has 2 rings (SSSR count). The van der Waals surface area contributed by atoms with E-state index in [-0.39, 0.29) is 23.7 Å². The van der Waals surface area contributed by atoms with Gasteiger partial charge >= 0.3 is 0 Å². The van der Waals surface area contributed by atoms with E-state index in [9.17, 15) is 9.59 Å². The van der Waals surface area contributed by atoms with Crippen molar-refractivity contribution >= 4 is 11.8 Å². The summed E-state index contributed by atoms with van der Waals surface area (Å²) in [5, 5.41) is 1.47. The Morgan fingerprint density at radius 1 is 1.46 bits per heavy atom. The number of amides is 2. The zero-order valence-electron chi connectivity index (χ0n) is 7.91. The number of fused-ring (bicyclic) bond motifs is 1. The van der Waals surface area contributed by atoms with Gasteiger partial charge in [-0.1, -0.05) is 13.8 Å². The minimum absolute atomic E-state index is 0.00694. The van der Waals surface area contributed by atoms with Crippen molar-refractivity contribution < 1.29 is 9.59 Å². The molecule has 1 saturated heterocycles. The SMILES string of the molecule is CC(C)CN1NC(=O)C2CC2C1=O. The second-order valence-corrected chi connectivity index (χ2v) is 4.27. The molecule has 13 heavy (non-hydrogen) atoms. The Bertz CT molecular complexity index is 262. The fourth-order valence-corrected chi connectivity index (χ4v) is 1.73. The normalized spacial score (nSPS) is 31.8. The second-order valence-electron chi connectivity index (χ2n) is 4.27. The first-order chi connectivity index (χ1) is 6.09. The molecule has 2 aliphatic rings. The van der Waals surface area contributed by atoms with Crippen molar-refractivity contribution in [2.45, 2.75) is 20.3 Å². The topological polar surface area (TPSA) is 49.4 Å². The van der Waals surface area contributed by atoms with E-state index >= 15 is 0 Å². The first-order valence-electron chi connectivity index (χ1n) is 4.71. The van der Waals surface area contributed by atoms with E-state index in [2.05, 4.69) is 5.43 Å². The van der Waals surface area contributed by atoms with E-state index in [0.717, 1.165) is 6.42 Å². The third-order valence-corrected chi connectivity index (χ3v) is 2.50. The molecule has 0 spiro atoms. The van der Waals surface area contributed by atoms with Crippen LogP contribution in [0.2, 0.25) is 0 Å². The van der Waals surface area contributed by atoms with Crippen LogP contribution in [-0.2, 0) is 9.59 Å². The number of hydrogen-bond donors (Lipinski definition) is 1. The molecular weight excluding hydrogens is 168 g/mol. The van der Waals surface area contributed by atoms with Gasteiger partial charge in [0, 0.05) is 6.54 Å². The van der Waals surface area contributed by atoms with E-state index in [4.69, 9.17) is 0 Å². The zero-order chi connectivity index (χ0) is 9.59. The summed E-state index contributed by atoms with van der Waals surface area (Å²) in [6.45, 7) is 4.67. The number of nitrogens with one attached hydrogen (secondary N) is 1. The van der Waals surface area contributed by atoms with E-state index in [1.54, 1.807) is 0 Å². The van der Waals surface area contributed by atoms with Gasteiger partial charge in [0.1, 0.15) is 0 Å². The van der Waals surface area contributed by atoms with Crippen molar-refractivity contribution in [2.75, 3.05) is 6.54 Å². The maximum absolute atomic E-state index is 11.6. The van der Waals surface area contributed by atoms with E-state index in [1.807, 2.05) is 13.8 Å². The summed E-state index contributed by atoms with van der Waals surface area (Å²) < 4.78 is 0. The average Bonchev–Trinajstić information content (AvgIpc) is 2.77. The highest BCUT2D eigenvalue weighted by Gasteiger charge is 2.53. The first kappa shape index (κ1) is 8.53. The Hall–Kier alpha value is -1.06. The number of nitrogens with zero attached hydrogens (tertiary/aromatic N) is 1. The molecule has 72 valence electrons. The van der Waals surface area contributed by atoms with Gasteiger partial charge in [-0.15, -0.1) is 0 Å². The van der Waals surface area contributed by atoms with Gasteiger partial charge in [-0.25, -0.2) is 0 Å². The molecule has 0 aromatic rings. The van der Waals surface area contributed by atoms with Gasteiger partial charge in [-0.05, 0) is 12.3 Å². The summed E-state index contributed by atoms with van der Waals surface area (Å²) in [4.78, 5) is 22.8. The van der Waals surface area contributed by atoms with Crippen LogP contribution in [0.1, 0.15) is 20.3 Å². The highest BCUT2D eigenvalue weighted by Crippen LogP contribution is 2.42. The van der Waals surface area contributed by atoms with Gasteiger partial charge in [0.05, 0.1) is 11.8 Å². The van der Waals surface area contributed by atoms with Crippen LogP contribution in [-0.4, -0.2) is 23.4 Å². The number of carbonyl (C=O) groups excluding carboxylic acids is 2. The Balaban J connectivity index is 2.03. The Kier molecular flexibility index (Phi) is 1.78. The molecule has 2 unspecified atom stereocenters. The Morgan fingerprint density at radius 3 is 2.77 bits per heavy atom. The van der Waals surface area contributed by atoms with Crippen molar-refractivity contribution in [1.82, 2.24) is 10.4 Å². The molecule has 0 aromatic heterocycles. The molecule has 1 aliphatic carbocycles. The number of carbonyl (C=O) groups is 2. The van der Waals surface area contributed by atoms with E-state index in [0.29, 0.717) is 12.5 Å². The summed E-state index contributed by atoms with van der Waals surface area (Å²) >= 11 is 0. The van der Waals surface area contributed by atoms with Crippen molar-refractivity contribution in [2.24, 2.45) is 17.8 Å². The van der Waals surface area contributed by atoms with Gasteiger partial charge in [0.25, 0.3) is 0 Å². The minimum Gasteiger partial charge on any atom is -0.273 e. The van der Waals surface area contributed by atoms with Crippen LogP contribution in [0.15, 0.2) is 0 Å². The van der Waals surface area contributed by atoms with E-state index in [1.165, 1.54) is 5.01 Å². The maximum atomic E-state index is 11.6. The first-order valence-corrected chi connectivity index (χ1v) is 4.71. The Morgan fingerprint density at radius 2 is 2.15 bits per heavy atom. The molecule has 2 amide bonds. The standard InChI is InChI=1S/C9H14N2O2/c1-5(2)4-11-9(13)7-3-6(7)8(12)10-11/h5-7H,3-4H2,1-2H3,(H,10,12). The van der Waals surface area contributed by atoms with Gasteiger partial charge in [-0.3, -0.25) is 20.0 Å². The molecule has 1 aliphatic heterocycles. The minimum atomic E-state index is -0.0177. The zero-order valence-corrected chi connectivity index (χ0v) is 7.91. The summed E-state index contributed by atoms with van der Waals surface area (Å²) in [6, 6.07) is 0. The van der Waals surface area contributed by atoms with Gasteiger partial charge < -0.3 is 0 Å². The molecule has 4 nitrogen and oxygen atoms in total. The van der Waals surface area contributed by atoms with Crippen LogP contribution >= 0.6 is 0 Å². The summed E-state index contributed by atoms with van der Waals surface area (Å²) in [5.74, 6) is 0.478. The van der Waals surface area contributed by atoms with Crippen LogP contribution in [0, 0.1) is 17.8 Å². The summed E-state index contributed by atoms with van der Waals surface area (Å²) in [6.07, 6.45) is 0.749. The third kappa shape index (κ3) is 1.41. The molecule has 2 fully saturated rings. The largest absolute Gasteiger partial charge is 0.273 e. The van der Waals surface area contributed by atoms with Crippen molar-refractivity contribution in [3.05, 3.63) is 0 Å². The van der Waals surface area contributed by atoms with Crippen molar-refractivity contribution in [3.8, 4) is 0 Å².